The van der Waals surface area contributed by atoms with E-state index < -0.39 is 0 Å². The number of fused-ring (bicyclic) bond motifs is 2. The SMILES string of the molecule is O=C1c2ccccc2C(=O)N1CCCOc1ncnc2ccc(Br)cc12. The molecule has 7 heteroatoms. The number of aromatic nitrogens is 2. The minimum atomic E-state index is -0.248. The molecule has 1 aliphatic heterocycles. The van der Waals surface area contributed by atoms with Crippen LogP contribution in [0.25, 0.3) is 10.9 Å². The highest BCUT2D eigenvalue weighted by Gasteiger charge is 2.34. The first-order chi connectivity index (χ1) is 12.6. The van der Waals surface area contributed by atoms with Crippen molar-refractivity contribution in [3.63, 3.8) is 0 Å². The molecule has 0 N–H and O–H groups in total. The average Bonchev–Trinajstić information content (AvgIpc) is 2.90. The molecular formula is C19H14BrN3O3. The van der Waals surface area contributed by atoms with Crippen LogP contribution in [-0.2, 0) is 0 Å². The van der Waals surface area contributed by atoms with E-state index in [-0.39, 0.29) is 11.8 Å². The van der Waals surface area contributed by atoms with Gasteiger partial charge < -0.3 is 4.74 Å². The monoisotopic (exact) mass is 411 g/mol. The lowest BCUT2D eigenvalue weighted by atomic mass is 10.1. The number of benzene rings is 2. The molecule has 0 saturated carbocycles. The Morgan fingerprint density at radius 3 is 2.46 bits per heavy atom. The Balaban J connectivity index is 1.40. The average molecular weight is 412 g/mol. The number of carbonyl (C=O) groups excluding carboxylic acids is 2. The molecular weight excluding hydrogens is 398 g/mol. The quantitative estimate of drug-likeness (QED) is 0.474. The lowest BCUT2D eigenvalue weighted by Gasteiger charge is -2.14. The van der Waals surface area contributed by atoms with Crippen LogP contribution in [0.2, 0.25) is 0 Å². The van der Waals surface area contributed by atoms with E-state index in [2.05, 4.69) is 25.9 Å². The molecule has 0 radical (unpaired) electrons. The Hall–Kier alpha value is -2.80. The standard InChI is InChI=1S/C19H14BrN3O3/c20-12-6-7-16-15(10-12)17(22-11-21-16)26-9-3-8-23-18(24)13-4-1-2-5-14(13)19(23)25/h1-2,4-7,10-11H,3,8-9H2. The Bertz CT molecular complexity index is 987. The van der Waals surface area contributed by atoms with Gasteiger partial charge in [-0.2, -0.15) is 0 Å². The van der Waals surface area contributed by atoms with Crippen LogP contribution in [0, 0.1) is 0 Å². The summed E-state index contributed by atoms with van der Waals surface area (Å²) >= 11 is 3.43. The van der Waals surface area contributed by atoms with Crippen LogP contribution in [0.3, 0.4) is 0 Å². The van der Waals surface area contributed by atoms with E-state index in [0.717, 1.165) is 15.4 Å². The van der Waals surface area contributed by atoms with Crippen molar-refractivity contribution < 1.29 is 14.3 Å². The second kappa shape index (κ2) is 6.84. The van der Waals surface area contributed by atoms with Crippen molar-refractivity contribution in [2.45, 2.75) is 6.42 Å². The predicted molar refractivity (Wildman–Crippen MR) is 99.2 cm³/mol. The first-order valence-electron chi connectivity index (χ1n) is 8.13. The van der Waals surface area contributed by atoms with Crippen molar-refractivity contribution in [1.82, 2.24) is 14.9 Å². The third kappa shape index (κ3) is 2.94. The minimum absolute atomic E-state index is 0.248. The highest BCUT2D eigenvalue weighted by atomic mass is 79.9. The molecule has 0 aliphatic carbocycles. The fourth-order valence-electron chi connectivity index (χ4n) is 2.95. The van der Waals surface area contributed by atoms with Gasteiger partial charge >= 0.3 is 0 Å². The molecule has 3 aromatic rings. The van der Waals surface area contributed by atoms with Crippen molar-refractivity contribution in [3.8, 4) is 5.88 Å². The van der Waals surface area contributed by atoms with Crippen LogP contribution in [0.15, 0.2) is 53.3 Å². The summed E-state index contributed by atoms with van der Waals surface area (Å²) in [4.78, 5) is 34.3. The third-order valence-corrected chi connectivity index (χ3v) is 4.70. The maximum absolute atomic E-state index is 12.3. The fourth-order valence-corrected chi connectivity index (χ4v) is 3.32. The first-order valence-corrected chi connectivity index (χ1v) is 8.93. The van der Waals surface area contributed by atoms with Gasteiger partial charge in [-0.1, -0.05) is 28.1 Å². The molecule has 26 heavy (non-hydrogen) atoms. The van der Waals surface area contributed by atoms with Crippen LogP contribution in [0.5, 0.6) is 5.88 Å². The Morgan fingerprint density at radius 1 is 1.00 bits per heavy atom. The molecule has 2 amide bonds. The van der Waals surface area contributed by atoms with Gasteiger partial charge in [-0.3, -0.25) is 14.5 Å². The lowest BCUT2D eigenvalue weighted by molar-refractivity contribution is 0.0646. The van der Waals surface area contributed by atoms with E-state index >= 15 is 0 Å². The Kier molecular flexibility index (Phi) is 4.38. The van der Waals surface area contributed by atoms with Gasteiger partial charge in [0.2, 0.25) is 5.88 Å². The molecule has 0 bridgehead atoms. The zero-order valence-corrected chi connectivity index (χ0v) is 15.3. The van der Waals surface area contributed by atoms with Gasteiger partial charge in [0.1, 0.15) is 6.33 Å². The van der Waals surface area contributed by atoms with Crippen LogP contribution >= 0.6 is 15.9 Å². The Morgan fingerprint density at radius 2 is 1.73 bits per heavy atom. The molecule has 0 atom stereocenters. The smallest absolute Gasteiger partial charge is 0.261 e. The second-order valence-corrected chi connectivity index (χ2v) is 6.77. The fraction of sp³-hybridized carbons (Fsp3) is 0.158. The molecule has 1 aromatic heterocycles. The maximum atomic E-state index is 12.3. The molecule has 1 aliphatic rings. The van der Waals surface area contributed by atoms with Crippen molar-refractivity contribution in [2.24, 2.45) is 0 Å². The zero-order chi connectivity index (χ0) is 18.1. The van der Waals surface area contributed by atoms with Crippen LogP contribution in [0.4, 0.5) is 0 Å². The second-order valence-electron chi connectivity index (χ2n) is 5.85. The lowest BCUT2D eigenvalue weighted by Crippen LogP contribution is -2.31. The number of nitrogens with zero attached hydrogens (tertiary/aromatic N) is 3. The number of carbonyl (C=O) groups is 2. The molecule has 2 heterocycles. The van der Waals surface area contributed by atoms with Gasteiger partial charge in [0.25, 0.3) is 11.8 Å². The molecule has 4 rings (SSSR count). The molecule has 0 saturated heterocycles. The molecule has 0 unspecified atom stereocenters. The summed E-state index contributed by atoms with van der Waals surface area (Å²) in [6, 6.07) is 12.6. The van der Waals surface area contributed by atoms with Gasteiger partial charge in [-0.15, -0.1) is 0 Å². The number of hydrogen-bond donors (Lipinski definition) is 0. The van der Waals surface area contributed by atoms with Gasteiger partial charge in [-0.25, -0.2) is 9.97 Å². The van der Waals surface area contributed by atoms with E-state index in [4.69, 9.17) is 4.74 Å². The summed E-state index contributed by atoms with van der Waals surface area (Å²) in [5.41, 5.74) is 1.72. The number of hydrogen-bond acceptors (Lipinski definition) is 5. The number of rotatable bonds is 5. The molecule has 0 spiro atoms. The summed E-state index contributed by atoms with van der Waals surface area (Å²) < 4.78 is 6.67. The highest BCUT2D eigenvalue weighted by Crippen LogP contribution is 2.25. The number of amides is 2. The molecule has 6 nitrogen and oxygen atoms in total. The summed E-state index contributed by atoms with van der Waals surface area (Å²) in [7, 11) is 0. The summed E-state index contributed by atoms with van der Waals surface area (Å²) in [5, 5.41) is 0.808. The van der Waals surface area contributed by atoms with E-state index in [1.54, 1.807) is 24.3 Å². The van der Waals surface area contributed by atoms with Crippen LogP contribution in [0.1, 0.15) is 27.1 Å². The van der Waals surface area contributed by atoms with Crippen LogP contribution < -0.4 is 4.74 Å². The van der Waals surface area contributed by atoms with E-state index in [0.29, 0.717) is 36.6 Å². The van der Waals surface area contributed by atoms with Gasteiger partial charge in [0.15, 0.2) is 0 Å². The summed E-state index contributed by atoms with van der Waals surface area (Å²) in [6.07, 6.45) is 1.97. The van der Waals surface area contributed by atoms with Crippen LogP contribution in [-0.4, -0.2) is 39.8 Å². The third-order valence-electron chi connectivity index (χ3n) is 4.20. The minimum Gasteiger partial charge on any atom is -0.477 e. The predicted octanol–water partition coefficient (Wildman–Crippen LogP) is 3.46. The molecule has 130 valence electrons. The van der Waals surface area contributed by atoms with Gasteiger partial charge in [0, 0.05) is 11.0 Å². The highest BCUT2D eigenvalue weighted by molar-refractivity contribution is 9.10. The number of halogens is 1. The Labute approximate surface area is 157 Å². The first kappa shape index (κ1) is 16.7. The van der Waals surface area contributed by atoms with Crippen molar-refractivity contribution in [3.05, 3.63) is 64.4 Å². The summed E-state index contributed by atoms with van der Waals surface area (Å²) in [5.74, 6) is -0.0114. The van der Waals surface area contributed by atoms with E-state index in [1.807, 2.05) is 18.2 Å². The van der Waals surface area contributed by atoms with Crippen molar-refractivity contribution in [1.29, 1.82) is 0 Å². The largest absolute Gasteiger partial charge is 0.477 e. The summed E-state index contributed by atoms with van der Waals surface area (Å²) in [6.45, 7) is 0.644. The topological polar surface area (TPSA) is 72.4 Å². The van der Waals surface area contributed by atoms with E-state index in [9.17, 15) is 9.59 Å². The molecule has 2 aromatic carbocycles. The van der Waals surface area contributed by atoms with Gasteiger partial charge in [0.05, 0.1) is 28.6 Å². The number of ether oxygens (including phenoxy) is 1. The van der Waals surface area contributed by atoms with Crippen molar-refractivity contribution in [2.75, 3.05) is 13.2 Å². The zero-order valence-electron chi connectivity index (χ0n) is 13.7. The maximum Gasteiger partial charge on any atom is 0.261 e. The van der Waals surface area contributed by atoms with Crippen molar-refractivity contribution >= 4 is 38.6 Å². The molecule has 0 fully saturated rings. The van der Waals surface area contributed by atoms with E-state index in [1.165, 1.54) is 11.2 Å². The number of imide groups is 1. The van der Waals surface area contributed by atoms with Gasteiger partial charge in [-0.05, 0) is 36.8 Å². The normalized spacial score (nSPS) is 13.3.